The minimum Gasteiger partial charge on any atom is -0.491 e. The van der Waals surface area contributed by atoms with Crippen molar-refractivity contribution in [3.63, 3.8) is 0 Å². The van der Waals surface area contributed by atoms with Gasteiger partial charge in [0, 0.05) is 5.56 Å². The molecule has 2 aromatic rings. The predicted octanol–water partition coefficient (Wildman–Crippen LogP) is 8.27. The standard InChI is InChI=1S/C29H33F3O2/c1-3-19-5-9-21(10-6-19)22-11-7-20(8-12-22)18-34-26-15-13-23(17-25(26)30)24-14-16-27(33-4-2)29(32)28(24)31/h3,7,13-17,19,21-22H,1,4-6,8-12,18H2,2H3. The van der Waals surface area contributed by atoms with Crippen LogP contribution >= 0.6 is 0 Å². The van der Waals surface area contributed by atoms with Gasteiger partial charge >= 0.3 is 0 Å². The molecular formula is C29H33F3O2. The van der Waals surface area contributed by atoms with Crippen molar-refractivity contribution in [2.45, 2.75) is 51.9 Å². The van der Waals surface area contributed by atoms with Crippen molar-refractivity contribution in [2.24, 2.45) is 17.8 Å². The molecule has 5 heteroatoms. The van der Waals surface area contributed by atoms with Crippen LogP contribution in [0.25, 0.3) is 11.1 Å². The zero-order valence-corrected chi connectivity index (χ0v) is 19.8. The zero-order valence-electron chi connectivity index (χ0n) is 19.8. The lowest BCUT2D eigenvalue weighted by atomic mass is 9.71. The molecule has 0 N–H and O–H groups in total. The molecule has 0 radical (unpaired) electrons. The highest BCUT2D eigenvalue weighted by Crippen LogP contribution is 2.40. The highest BCUT2D eigenvalue weighted by Gasteiger charge is 2.28. The second kappa shape index (κ2) is 11.2. The molecule has 2 aromatic carbocycles. The summed E-state index contributed by atoms with van der Waals surface area (Å²) in [6, 6.07) is 6.95. The molecule has 1 unspecified atom stereocenters. The Balaban J connectivity index is 1.35. The molecule has 0 spiro atoms. The smallest absolute Gasteiger partial charge is 0.201 e. The molecule has 34 heavy (non-hydrogen) atoms. The van der Waals surface area contributed by atoms with Gasteiger partial charge in [-0.1, -0.05) is 18.2 Å². The van der Waals surface area contributed by atoms with Gasteiger partial charge in [0.25, 0.3) is 0 Å². The van der Waals surface area contributed by atoms with E-state index in [0.29, 0.717) is 12.5 Å². The molecule has 0 saturated heterocycles. The second-order valence-electron chi connectivity index (χ2n) is 9.41. The van der Waals surface area contributed by atoms with Crippen molar-refractivity contribution in [2.75, 3.05) is 13.2 Å². The van der Waals surface area contributed by atoms with Gasteiger partial charge in [-0.15, -0.1) is 6.58 Å². The van der Waals surface area contributed by atoms with E-state index in [1.54, 1.807) is 13.0 Å². The Morgan fingerprint density at radius 1 is 0.912 bits per heavy atom. The first-order valence-electron chi connectivity index (χ1n) is 12.3. The van der Waals surface area contributed by atoms with E-state index in [4.69, 9.17) is 9.47 Å². The Kier molecular flexibility index (Phi) is 8.02. The zero-order chi connectivity index (χ0) is 24.1. The van der Waals surface area contributed by atoms with Crippen LogP contribution in [0.3, 0.4) is 0 Å². The van der Waals surface area contributed by atoms with E-state index in [2.05, 4.69) is 18.7 Å². The van der Waals surface area contributed by atoms with Crippen LogP contribution < -0.4 is 9.47 Å². The summed E-state index contributed by atoms with van der Waals surface area (Å²) in [5, 5.41) is 0. The van der Waals surface area contributed by atoms with Crippen LogP contribution in [0.1, 0.15) is 51.9 Å². The monoisotopic (exact) mass is 470 g/mol. The molecule has 0 aliphatic heterocycles. The van der Waals surface area contributed by atoms with E-state index in [9.17, 15) is 13.2 Å². The van der Waals surface area contributed by atoms with Crippen LogP contribution in [0.5, 0.6) is 11.5 Å². The number of benzene rings is 2. The van der Waals surface area contributed by atoms with Gasteiger partial charge in [0.15, 0.2) is 23.1 Å². The lowest BCUT2D eigenvalue weighted by molar-refractivity contribution is 0.206. The average molecular weight is 471 g/mol. The normalized spacial score (nSPS) is 22.7. The summed E-state index contributed by atoms with van der Waals surface area (Å²) < 4.78 is 54.2. The fourth-order valence-corrected chi connectivity index (χ4v) is 5.30. The number of hydrogen-bond acceptors (Lipinski definition) is 2. The highest BCUT2D eigenvalue weighted by molar-refractivity contribution is 5.66. The summed E-state index contributed by atoms with van der Waals surface area (Å²) in [6.45, 7) is 6.20. The van der Waals surface area contributed by atoms with Gasteiger partial charge in [-0.2, -0.15) is 4.39 Å². The third kappa shape index (κ3) is 5.51. The van der Waals surface area contributed by atoms with Gasteiger partial charge in [0.05, 0.1) is 6.61 Å². The third-order valence-corrected chi connectivity index (χ3v) is 7.36. The number of rotatable bonds is 8. The molecule has 2 aliphatic carbocycles. The first-order valence-corrected chi connectivity index (χ1v) is 12.3. The minimum absolute atomic E-state index is 0.0189. The summed E-state index contributed by atoms with van der Waals surface area (Å²) in [4.78, 5) is 0. The van der Waals surface area contributed by atoms with Crippen molar-refractivity contribution in [1.29, 1.82) is 0 Å². The largest absolute Gasteiger partial charge is 0.491 e. The first kappa shape index (κ1) is 24.4. The van der Waals surface area contributed by atoms with Gasteiger partial charge in [-0.05, 0) is 105 Å². The van der Waals surface area contributed by atoms with Gasteiger partial charge in [0.1, 0.15) is 6.61 Å². The molecule has 1 saturated carbocycles. The van der Waals surface area contributed by atoms with Crippen LogP contribution in [-0.2, 0) is 0 Å². The highest BCUT2D eigenvalue weighted by atomic mass is 19.2. The molecule has 2 nitrogen and oxygen atoms in total. The molecule has 1 fully saturated rings. The maximum Gasteiger partial charge on any atom is 0.201 e. The Labute approximate surface area is 200 Å². The SMILES string of the molecule is C=CC1CCC(C2CC=C(COc3ccc(-c4ccc(OCC)c(F)c4F)cc3F)CC2)CC1. The van der Waals surface area contributed by atoms with E-state index in [1.807, 2.05) is 0 Å². The van der Waals surface area contributed by atoms with E-state index >= 15 is 0 Å². The number of halogens is 3. The van der Waals surface area contributed by atoms with E-state index in [1.165, 1.54) is 55.5 Å². The fraction of sp³-hybridized carbons (Fsp3) is 0.448. The Morgan fingerprint density at radius 3 is 2.32 bits per heavy atom. The van der Waals surface area contributed by atoms with Crippen LogP contribution in [0.2, 0.25) is 0 Å². The summed E-state index contributed by atoms with van der Waals surface area (Å²) >= 11 is 0. The van der Waals surface area contributed by atoms with Gasteiger partial charge < -0.3 is 9.47 Å². The van der Waals surface area contributed by atoms with Crippen molar-refractivity contribution in [3.05, 3.63) is 72.1 Å². The Hall–Kier alpha value is -2.69. The maximum atomic E-state index is 14.7. The lowest BCUT2D eigenvalue weighted by Gasteiger charge is -2.34. The molecule has 1 atom stereocenters. The molecule has 182 valence electrons. The summed E-state index contributed by atoms with van der Waals surface area (Å²) in [6.07, 6.45) is 12.6. The molecule has 2 aliphatic rings. The second-order valence-corrected chi connectivity index (χ2v) is 9.41. The van der Waals surface area contributed by atoms with Crippen molar-refractivity contribution >= 4 is 0 Å². The van der Waals surface area contributed by atoms with Crippen LogP contribution in [-0.4, -0.2) is 13.2 Å². The maximum absolute atomic E-state index is 14.7. The van der Waals surface area contributed by atoms with Gasteiger partial charge in [-0.3, -0.25) is 0 Å². The molecule has 0 bridgehead atoms. The minimum atomic E-state index is -1.07. The predicted molar refractivity (Wildman–Crippen MR) is 129 cm³/mol. The molecule has 0 aromatic heterocycles. The van der Waals surface area contributed by atoms with Gasteiger partial charge in [-0.25, -0.2) is 8.78 Å². The van der Waals surface area contributed by atoms with E-state index < -0.39 is 17.5 Å². The van der Waals surface area contributed by atoms with Crippen LogP contribution in [0.4, 0.5) is 13.2 Å². The van der Waals surface area contributed by atoms with E-state index in [-0.39, 0.29) is 29.2 Å². The quantitative estimate of drug-likeness (QED) is 0.362. The lowest BCUT2D eigenvalue weighted by Crippen LogP contribution is -2.23. The van der Waals surface area contributed by atoms with E-state index in [0.717, 1.165) is 31.1 Å². The third-order valence-electron chi connectivity index (χ3n) is 7.36. The summed E-state index contributed by atoms with van der Waals surface area (Å²) in [5.74, 6) is -0.555. The topological polar surface area (TPSA) is 18.5 Å². The molecule has 0 amide bonds. The number of hydrogen-bond donors (Lipinski definition) is 0. The van der Waals surface area contributed by atoms with Crippen LogP contribution in [0.15, 0.2) is 54.6 Å². The first-order chi connectivity index (χ1) is 16.5. The number of allylic oxidation sites excluding steroid dienone is 2. The Bertz CT molecular complexity index is 1040. The summed E-state index contributed by atoms with van der Waals surface area (Å²) in [5.41, 5.74) is 1.42. The molecular weight excluding hydrogens is 437 g/mol. The molecule has 4 rings (SSSR count). The van der Waals surface area contributed by atoms with Crippen molar-refractivity contribution < 1.29 is 22.6 Å². The van der Waals surface area contributed by atoms with Gasteiger partial charge in [0.2, 0.25) is 5.82 Å². The molecule has 0 heterocycles. The Morgan fingerprint density at radius 2 is 1.68 bits per heavy atom. The fourth-order valence-electron chi connectivity index (χ4n) is 5.30. The van der Waals surface area contributed by atoms with Crippen molar-refractivity contribution in [1.82, 2.24) is 0 Å². The number of ether oxygens (including phenoxy) is 2. The van der Waals surface area contributed by atoms with Crippen LogP contribution in [0, 0.1) is 35.2 Å². The average Bonchev–Trinajstić information content (AvgIpc) is 2.87. The summed E-state index contributed by atoms with van der Waals surface area (Å²) in [7, 11) is 0. The van der Waals surface area contributed by atoms with Crippen molar-refractivity contribution in [3.8, 4) is 22.6 Å².